The van der Waals surface area contributed by atoms with E-state index in [4.69, 9.17) is 0 Å². The second-order valence-corrected chi connectivity index (χ2v) is 10.8. The normalized spacial score (nSPS) is 16.1. The number of hydrogen-bond acceptors (Lipinski definition) is 2. The van der Waals surface area contributed by atoms with E-state index in [1.54, 1.807) is 0 Å². The van der Waals surface area contributed by atoms with E-state index in [2.05, 4.69) is 70.9 Å². The standard InChI is InChI=1S/C26H36NOP/c1-17-12-19(3)24(20(4)13-17)16-29(27-23-10-8-7-9-11-23)26(28)25-21(5)14-18(2)15-22(25)6/h12-15,23,27H,7-11,16H2,1-6H3. The van der Waals surface area contributed by atoms with Crippen LogP contribution < -0.4 is 5.09 Å². The van der Waals surface area contributed by atoms with Gasteiger partial charge in [-0.25, -0.2) is 0 Å². The van der Waals surface area contributed by atoms with Crippen molar-refractivity contribution in [3.8, 4) is 0 Å². The van der Waals surface area contributed by atoms with Crippen molar-refractivity contribution >= 4 is 13.6 Å². The van der Waals surface area contributed by atoms with Crippen LogP contribution in [0.1, 0.15) is 81.4 Å². The molecule has 3 heteroatoms. The SMILES string of the molecule is Cc1cc(C)c(CP(NC2CCCCC2)C(=O)c2c(C)cc(C)cc2C)c(C)c1. The van der Waals surface area contributed by atoms with Crippen LogP contribution in [0.5, 0.6) is 0 Å². The fraction of sp³-hybridized carbons (Fsp3) is 0.500. The number of carbonyl (C=O) groups is 1. The fourth-order valence-corrected chi connectivity index (χ4v) is 7.39. The summed E-state index contributed by atoms with van der Waals surface area (Å²) < 4.78 is 0. The van der Waals surface area contributed by atoms with Crippen LogP contribution in [0.4, 0.5) is 0 Å². The number of benzene rings is 2. The smallest absolute Gasteiger partial charge is 0.199 e. The Hall–Kier alpha value is -1.50. The largest absolute Gasteiger partial charge is 0.288 e. The maximum Gasteiger partial charge on any atom is 0.199 e. The lowest BCUT2D eigenvalue weighted by molar-refractivity contribution is 0.107. The molecule has 0 aromatic heterocycles. The first-order chi connectivity index (χ1) is 13.8. The quantitative estimate of drug-likeness (QED) is 0.511. The van der Waals surface area contributed by atoms with Gasteiger partial charge in [0.15, 0.2) is 5.52 Å². The number of rotatable bonds is 6. The lowest BCUT2D eigenvalue weighted by Crippen LogP contribution is -2.30. The van der Waals surface area contributed by atoms with E-state index in [0.29, 0.717) is 11.6 Å². The van der Waals surface area contributed by atoms with Gasteiger partial charge in [-0.3, -0.25) is 9.88 Å². The van der Waals surface area contributed by atoms with E-state index in [9.17, 15) is 4.79 Å². The Morgan fingerprint density at radius 2 is 1.31 bits per heavy atom. The van der Waals surface area contributed by atoms with Gasteiger partial charge in [-0.1, -0.05) is 54.7 Å². The van der Waals surface area contributed by atoms with Crippen LogP contribution in [0.25, 0.3) is 0 Å². The van der Waals surface area contributed by atoms with Gasteiger partial charge < -0.3 is 0 Å². The molecule has 2 aromatic carbocycles. The molecule has 1 fully saturated rings. The van der Waals surface area contributed by atoms with Gasteiger partial charge in [0.2, 0.25) is 0 Å². The molecule has 0 bridgehead atoms. The van der Waals surface area contributed by atoms with Gasteiger partial charge >= 0.3 is 0 Å². The highest BCUT2D eigenvalue weighted by Crippen LogP contribution is 2.44. The van der Waals surface area contributed by atoms with E-state index in [0.717, 1.165) is 22.9 Å². The highest BCUT2D eigenvalue weighted by molar-refractivity contribution is 7.73. The Balaban J connectivity index is 1.96. The first-order valence-electron chi connectivity index (χ1n) is 11.0. The molecule has 1 saturated carbocycles. The van der Waals surface area contributed by atoms with Crippen LogP contribution in [-0.4, -0.2) is 11.6 Å². The molecule has 1 aliphatic rings. The first-order valence-corrected chi connectivity index (χ1v) is 12.5. The Labute approximate surface area is 178 Å². The predicted molar refractivity (Wildman–Crippen MR) is 126 cm³/mol. The van der Waals surface area contributed by atoms with Crippen LogP contribution in [0.15, 0.2) is 24.3 Å². The van der Waals surface area contributed by atoms with Crippen LogP contribution in [0.3, 0.4) is 0 Å². The summed E-state index contributed by atoms with van der Waals surface area (Å²) in [6.45, 7) is 12.8. The number of hydrogen-bond donors (Lipinski definition) is 1. The Morgan fingerprint density at radius 3 is 1.83 bits per heavy atom. The van der Waals surface area contributed by atoms with Crippen molar-refractivity contribution in [3.63, 3.8) is 0 Å². The summed E-state index contributed by atoms with van der Waals surface area (Å²) in [5.74, 6) is 0. The van der Waals surface area contributed by atoms with Gasteiger partial charge in [0.1, 0.15) is 0 Å². The molecule has 0 radical (unpaired) electrons. The third-order valence-electron chi connectivity index (χ3n) is 6.24. The molecule has 1 N–H and O–H groups in total. The summed E-state index contributed by atoms with van der Waals surface area (Å²) in [5.41, 5.74) is 9.98. The summed E-state index contributed by atoms with van der Waals surface area (Å²) in [7, 11) is -0.970. The first kappa shape index (κ1) is 22.2. The molecular formula is C26H36NOP. The van der Waals surface area contributed by atoms with Gasteiger partial charge in [0.25, 0.3) is 0 Å². The molecular weight excluding hydrogens is 373 g/mol. The summed E-state index contributed by atoms with van der Waals surface area (Å²) in [5, 5.41) is 3.86. The summed E-state index contributed by atoms with van der Waals surface area (Å²) in [6, 6.07) is 9.29. The molecule has 0 amide bonds. The average molecular weight is 410 g/mol. The lowest BCUT2D eigenvalue weighted by atomic mass is 9.96. The minimum Gasteiger partial charge on any atom is -0.288 e. The summed E-state index contributed by atoms with van der Waals surface area (Å²) in [6.07, 6.45) is 7.11. The second-order valence-electron chi connectivity index (χ2n) is 9.01. The molecule has 2 aromatic rings. The van der Waals surface area contributed by atoms with Crippen molar-refractivity contribution in [1.29, 1.82) is 0 Å². The highest BCUT2D eigenvalue weighted by Gasteiger charge is 2.27. The molecule has 0 aliphatic heterocycles. The average Bonchev–Trinajstić information content (AvgIpc) is 2.63. The van der Waals surface area contributed by atoms with Crippen molar-refractivity contribution in [3.05, 3.63) is 68.8 Å². The van der Waals surface area contributed by atoms with Gasteiger partial charge in [-0.15, -0.1) is 0 Å². The molecule has 1 unspecified atom stereocenters. The molecule has 2 nitrogen and oxygen atoms in total. The number of nitrogens with one attached hydrogen (secondary N) is 1. The van der Waals surface area contributed by atoms with E-state index >= 15 is 0 Å². The van der Waals surface area contributed by atoms with Gasteiger partial charge in [-0.05, 0) is 82.2 Å². The highest BCUT2D eigenvalue weighted by atomic mass is 31.1. The Morgan fingerprint density at radius 1 is 0.828 bits per heavy atom. The molecule has 29 heavy (non-hydrogen) atoms. The van der Waals surface area contributed by atoms with E-state index in [-0.39, 0.29) is 0 Å². The van der Waals surface area contributed by atoms with Crippen molar-refractivity contribution in [2.45, 2.75) is 85.9 Å². The monoisotopic (exact) mass is 409 g/mol. The predicted octanol–water partition coefficient (Wildman–Crippen LogP) is 7.20. The minimum atomic E-state index is -0.970. The minimum absolute atomic E-state index is 0.319. The molecule has 1 atom stereocenters. The van der Waals surface area contributed by atoms with Crippen LogP contribution in [0.2, 0.25) is 0 Å². The fourth-order valence-electron chi connectivity index (χ4n) is 4.90. The van der Waals surface area contributed by atoms with E-state index < -0.39 is 8.07 Å². The number of aryl methyl sites for hydroxylation is 6. The molecule has 0 saturated heterocycles. The van der Waals surface area contributed by atoms with Crippen molar-refractivity contribution in [2.75, 3.05) is 0 Å². The summed E-state index contributed by atoms with van der Waals surface area (Å²) in [4.78, 5) is 13.8. The number of carbonyl (C=O) groups excluding carboxylic acids is 1. The molecule has 3 rings (SSSR count). The zero-order chi connectivity index (χ0) is 21.1. The van der Waals surface area contributed by atoms with Crippen molar-refractivity contribution in [1.82, 2.24) is 5.09 Å². The van der Waals surface area contributed by atoms with Crippen LogP contribution in [0, 0.1) is 41.5 Å². The van der Waals surface area contributed by atoms with Crippen molar-refractivity contribution < 1.29 is 4.79 Å². The zero-order valence-electron chi connectivity index (χ0n) is 19.0. The van der Waals surface area contributed by atoms with Crippen LogP contribution in [-0.2, 0) is 6.16 Å². The third kappa shape index (κ3) is 5.36. The maximum atomic E-state index is 13.8. The van der Waals surface area contributed by atoms with Gasteiger partial charge in [-0.2, -0.15) is 0 Å². The van der Waals surface area contributed by atoms with Crippen molar-refractivity contribution in [2.24, 2.45) is 0 Å². The lowest BCUT2D eigenvalue weighted by Gasteiger charge is -2.29. The topological polar surface area (TPSA) is 29.1 Å². The summed E-state index contributed by atoms with van der Waals surface area (Å²) >= 11 is 0. The molecule has 0 spiro atoms. The van der Waals surface area contributed by atoms with Crippen LogP contribution >= 0.6 is 8.07 Å². The molecule has 0 heterocycles. The molecule has 156 valence electrons. The van der Waals surface area contributed by atoms with E-state index in [1.165, 1.54) is 59.9 Å². The Kier molecular flexibility index (Phi) is 7.30. The zero-order valence-corrected chi connectivity index (χ0v) is 19.9. The van der Waals surface area contributed by atoms with Gasteiger partial charge in [0.05, 0.1) is 0 Å². The Bertz CT molecular complexity index is 850. The third-order valence-corrected chi connectivity index (χ3v) is 8.26. The maximum absolute atomic E-state index is 13.8. The van der Waals surface area contributed by atoms with E-state index in [1.807, 2.05) is 0 Å². The second kappa shape index (κ2) is 9.54. The molecule has 1 aliphatic carbocycles. The van der Waals surface area contributed by atoms with Gasteiger partial charge in [0, 0.05) is 25.8 Å².